The number of carbonyl (C=O) groups is 1. The minimum atomic E-state index is -3.93. The van der Waals surface area contributed by atoms with Crippen LogP contribution in [0.15, 0.2) is 23.1 Å². The maximum absolute atomic E-state index is 13.2. The molecule has 0 aromatic heterocycles. The molecule has 1 heterocycles. The van der Waals surface area contributed by atoms with Crippen LogP contribution in [0.5, 0.6) is 5.75 Å². The van der Waals surface area contributed by atoms with E-state index in [0.29, 0.717) is 0 Å². The van der Waals surface area contributed by atoms with E-state index >= 15 is 0 Å². The van der Waals surface area contributed by atoms with Crippen molar-refractivity contribution in [3.05, 3.63) is 23.8 Å². The van der Waals surface area contributed by atoms with Crippen LogP contribution in [0, 0.1) is 0 Å². The van der Waals surface area contributed by atoms with Crippen LogP contribution in [0.2, 0.25) is 0 Å². The lowest BCUT2D eigenvalue weighted by atomic mass is 10.2. The highest BCUT2D eigenvalue weighted by Gasteiger charge is 2.31. The molecule has 8 nitrogen and oxygen atoms in total. The molecule has 1 saturated heterocycles. The molecule has 0 atom stereocenters. The number of morpholine rings is 1. The standard InChI is InChI=1S/C15H21F2N3O5S.ClH/c1-24-12-3-2-11(14(21)19-10-15(16,17)9-18)8-13(12)26(22,23)20-4-6-25-7-5-20;/h2-3,8H,4-7,9-10,18H2,1H3,(H,19,21);1H. The largest absolute Gasteiger partial charge is 0.495 e. The van der Waals surface area contributed by atoms with Gasteiger partial charge in [-0.3, -0.25) is 4.79 Å². The first-order valence-electron chi connectivity index (χ1n) is 7.83. The summed E-state index contributed by atoms with van der Waals surface area (Å²) in [6, 6.07) is 3.72. The Bertz CT molecular complexity index is 758. The minimum absolute atomic E-state index is 0. The zero-order valence-electron chi connectivity index (χ0n) is 14.6. The molecule has 1 aliphatic rings. The molecule has 1 aliphatic heterocycles. The monoisotopic (exact) mass is 429 g/mol. The third-order valence-electron chi connectivity index (χ3n) is 3.82. The fraction of sp³-hybridized carbons (Fsp3) is 0.533. The molecular weight excluding hydrogens is 408 g/mol. The molecule has 1 aromatic carbocycles. The Morgan fingerprint density at radius 2 is 2.00 bits per heavy atom. The highest BCUT2D eigenvalue weighted by molar-refractivity contribution is 7.89. The number of nitrogens with zero attached hydrogens (tertiary/aromatic N) is 1. The molecule has 27 heavy (non-hydrogen) atoms. The van der Waals surface area contributed by atoms with Gasteiger partial charge in [0.15, 0.2) is 0 Å². The molecule has 0 aliphatic carbocycles. The minimum Gasteiger partial charge on any atom is -0.495 e. The van der Waals surface area contributed by atoms with E-state index in [1.807, 2.05) is 5.32 Å². The van der Waals surface area contributed by atoms with E-state index in [-0.39, 0.29) is 54.9 Å². The van der Waals surface area contributed by atoms with Crippen LogP contribution in [-0.4, -0.2) is 71.1 Å². The molecule has 0 unspecified atom stereocenters. The Morgan fingerprint density at radius 3 is 2.56 bits per heavy atom. The van der Waals surface area contributed by atoms with E-state index in [4.69, 9.17) is 15.2 Å². The lowest BCUT2D eigenvalue weighted by Crippen LogP contribution is -2.42. The number of hydrogen-bond acceptors (Lipinski definition) is 6. The molecule has 12 heteroatoms. The molecule has 2 rings (SSSR count). The van der Waals surface area contributed by atoms with E-state index in [1.54, 1.807) is 0 Å². The molecule has 154 valence electrons. The SMILES string of the molecule is COc1ccc(C(=O)NCC(F)(F)CN)cc1S(=O)(=O)N1CCOCC1.Cl. The van der Waals surface area contributed by atoms with E-state index in [9.17, 15) is 22.0 Å². The second-order valence-electron chi connectivity index (χ2n) is 5.62. The fourth-order valence-electron chi connectivity index (χ4n) is 2.33. The molecule has 1 fully saturated rings. The number of sulfonamides is 1. The number of halogens is 3. The topological polar surface area (TPSA) is 111 Å². The van der Waals surface area contributed by atoms with Gasteiger partial charge in [-0.2, -0.15) is 4.31 Å². The van der Waals surface area contributed by atoms with Crippen LogP contribution in [0.25, 0.3) is 0 Å². The van der Waals surface area contributed by atoms with E-state index in [1.165, 1.54) is 23.5 Å². The molecule has 0 saturated carbocycles. The van der Waals surface area contributed by atoms with Gasteiger partial charge in [-0.25, -0.2) is 17.2 Å². The predicted octanol–water partition coefficient (Wildman–Crippen LogP) is 0.462. The van der Waals surface area contributed by atoms with Crippen molar-refractivity contribution in [1.82, 2.24) is 9.62 Å². The van der Waals surface area contributed by atoms with Gasteiger partial charge >= 0.3 is 0 Å². The van der Waals surface area contributed by atoms with Gasteiger partial charge in [0.25, 0.3) is 11.8 Å². The zero-order valence-corrected chi connectivity index (χ0v) is 16.2. The van der Waals surface area contributed by atoms with Gasteiger partial charge in [-0.1, -0.05) is 0 Å². The second kappa shape index (κ2) is 9.60. The average molecular weight is 430 g/mol. The van der Waals surface area contributed by atoms with Crippen molar-refractivity contribution in [2.24, 2.45) is 5.73 Å². The van der Waals surface area contributed by atoms with Crippen LogP contribution in [-0.2, 0) is 14.8 Å². The average Bonchev–Trinajstić information content (AvgIpc) is 2.66. The molecule has 3 N–H and O–H groups in total. The summed E-state index contributed by atoms with van der Waals surface area (Å²) in [5.41, 5.74) is 4.84. The van der Waals surface area contributed by atoms with Crippen molar-refractivity contribution in [1.29, 1.82) is 0 Å². The van der Waals surface area contributed by atoms with Crippen LogP contribution < -0.4 is 15.8 Å². The number of amides is 1. The van der Waals surface area contributed by atoms with E-state index in [0.717, 1.165) is 6.07 Å². The molecule has 1 amide bonds. The van der Waals surface area contributed by atoms with Gasteiger partial charge in [0, 0.05) is 18.7 Å². The lowest BCUT2D eigenvalue weighted by Gasteiger charge is -2.26. The number of hydrogen-bond donors (Lipinski definition) is 2. The van der Waals surface area contributed by atoms with Gasteiger partial charge in [0.2, 0.25) is 10.0 Å². The fourth-order valence-corrected chi connectivity index (χ4v) is 3.92. The first-order valence-corrected chi connectivity index (χ1v) is 9.27. The normalized spacial score (nSPS) is 15.7. The van der Waals surface area contributed by atoms with Gasteiger partial charge < -0.3 is 20.5 Å². The Labute approximate surface area is 162 Å². The molecule has 0 spiro atoms. The number of alkyl halides is 2. The van der Waals surface area contributed by atoms with Gasteiger partial charge in [0.1, 0.15) is 10.6 Å². The highest BCUT2D eigenvalue weighted by atomic mass is 35.5. The van der Waals surface area contributed by atoms with Gasteiger partial charge in [-0.05, 0) is 18.2 Å². The number of benzene rings is 1. The van der Waals surface area contributed by atoms with Crippen LogP contribution in [0.3, 0.4) is 0 Å². The summed E-state index contributed by atoms with van der Waals surface area (Å²) in [5, 5.41) is 2.05. The second-order valence-corrected chi connectivity index (χ2v) is 7.53. The highest BCUT2D eigenvalue weighted by Crippen LogP contribution is 2.28. The van der Waals surface area contributed by atoms with Crippen molar-refractivity contribution < 1.29 is 31.5 Å². The number of ether oxygens (including phenoxy) is 2. The molecule has 0 bridgehead atoms. The van der Waals surface area contributed by atoms with Crippen molar-refractivity contribution in [3.8, 4) is 5.75 Å². The summed E-state index contributed by atoms with van der Waals surface area (Å²) in [7, 11) is -2.63. The van der Waals surface area contributed by atoms with Gasteiger partial charge in [-0.15, -0.1) is 12.4 Å². The Kier molecular flexibility index (Phi) is 8.36. The number of nitrogens with two attached hydrogens (primary N) is 1. The van der Waals surface area contributed by atoms with Crippen molar-refractivity contribution in [2.75, 3.05) is 46.5 Å². The summed E-state index contributed by atoms with van der Waals surface area (Å²) in [5.74, 6) is -4.02. The maximum atomic E-state index is 13.2. The Balaban J connectivity index is 0.00000364. The predicted molar refractivity (Wildman–Crippen MR) is 96.2 cm³/mol. The van der Waals surface area contributed by atoms with E-state index < -0.39 is 34.9 Å². The third kappa shape index (κ3) is 5.72. The smallest absolute Gasteiger partial charge is 0.277 e. The third-order valence-corrected chi connectivity index (χ3v) is 5.74. The first-order chi connectivity index (χ1) is 12.2. The summed E-state index contributed by atoms with van der Waals surface area (Å²) >= 11 is 0. The summed E-state index contributed by atoms with van der Waals surface area (Å²) in [6.45, 7) is -0.993. The van der Waals surface area contributed by atoms with Crippen molar-refractivity contribution in [3.63, 3.8) is 0 Å². The number of nitrogens with one attached hydrogen (secondary N) is 1. The number of rotatable bonds is 7. The van der Waals surface area contributed by atoms with Crippen LogP contribution in [0.1, 0.15) is 10.4 Å². The number of carbonyl (C=O) groups excluding carboxylic acids is 1. The zero-order chi connectivity index (χ0) is 19.4. The van der Waals surface area contributed by atoms with Crippen LogP contribution in [0.4, 0.5) is 8.78 Å². The van der Waals surface area contributed by atoms with Crippen molar-refractivity contribution >= 4 is 28.3 Å². The summed E-state index contributed by atoms with van der Waals surface area (Å²) in [4.78, 5) is 11.9. The van der Waals surface area contributed by atoms with Crippen molar-refractivity contribution in [2.45, 2.75) is 10.8 Å². The lowest BCUT2D eigenvalue weighted by molar-refractivity contribution is 0.0118. The Morgan fingerprint density at radius 1 is 1.37 bits per heavy atom. The van der Waals surface area contributed by atoms with E-state index in [2.05, 4.69) is 0 Å². The molecule has 1 aromatic rings. The summed E-state index contributed by atoms with van der Waals surface area (Å²) < 4.78 is 63.5. The van der Waals surface area contributed by atoms with Gasteiger partial charge in [0.05, 0.1) is 33.4 Å². The molecule has 0 radical (unpaired) electrons. The molecular formula is C15H22ClF2N3O5S. The maximum Gasteiger partial charge on any atom is 0.277 e. The Hall–Kier alpha value is -1.53. The number of methoxy groups -OCH3 is 1. The quantitative estimate of drug-likeness (QED) is 0.651. The first kappa shape index (κ1) is 23.5. The summed E-state index contributed by atoms with van der Waals surface area (Å²) in [6.07, 6.45) is 0. The van der Waals surface area contributed by atoms with Crippen LogP contribution >= 0.6 is 12.4 Å².